The van der Waals surface area contributed by atoms with Gasteiger partial charge in [-0.1, -0.05) is 24.3 Å². The lowest BCUT2D eigenvalue weighted by Gasteiger charge is -2.31. The van der Waals surface area contributed by atoms with Crippen molar-refractivity contribution in [2.45, 2.75) is 38.5 Å². The van der Waals surface area contributed by atoms with E-state index in [9.17, 15) is 0 Å². The van der Waals surface area contributed by atoms with Gasteiger partial charge in [-0.2, -0.15) is 0 Å². The van der Waals surface area contributed by atoms with Gasteiger partial charge in [0.05, 0.1) is 6.61 Å². The van der Waals surface area contributed by atoms with Crippen LogP contribution >= 0.6 is 0 Å². The van der Waals surface area contributed by atoms with Crippen molar-refractivity contribution >= 4 is 0 Å². The molecule has 1 heterocycles. The van der Waals surface area contributed by atoms with Crippen LogP contribution in [0.2, 0.25) is 0 Å². The number of nitrogens with zero attached hydrogens (tertiary/aromatic N) is 1. The average Bonchev–Trinajstić information content (AvgIpc) is 2.78. The summed E-state index contributed by atoms with van der Waals surface area (Å²) in [6.07, 6.45) is 2.57. The summed E-state index contributed by atoms with van der Waals surface area (Å²) in [4.78, 5) is 2.53. The van der Waals surface area contributed by atoms with Crippen molar-refractivity contribution in [2.75, 3.05) is 20.2 Å². The van der Waals surface area contributed by atoms with E-state index in [0.29, 0.717) is 25.2 Å². The highest BCUT2D eigenvalue weighted by Gasteiger charge is 2.27. The number of likely N-dealkylation sites (tertiary alicyclic amines) is 1. The van der Waals surface area contributed by atoms with E-state index in [1.165, 1.54) is 24.0 Å². The molecule has 18 heavy (non-hydrogen) atoms. The molecule has 1 aliphatic heterocycles. The van der Waals surface area contributed by atoms with Crippen LogP contribution in [0, 0.1) is 0 Å². The maximum atomic E-state index is 6.00. The monoisotopic (exact) mass is 248 g/mol. The highest BCUT2D eigenvalue weighted by Crippen LogP contribution is 2.29. The number of nitrogens with two attached hydrogens (primary N) is 1. The maximum absolute atomic E-state index is 6.00. The van der Waals surface area contributed by atoms with Crippen molar-refractivity contribution in [1.82, 2.24) is 4.90 Å². The highest BCUT2D eigenvalue weighted by atomic mass is 16.5. The Morgan fingerprint density at radius 2 is 2.33 bits per heavy atom. The van der Waals surface area contributed by atoms with Gasteiger partial charge in [-0.15, -0.1) is 0 Å². The Labute approximate surface area is 110 Å². The second kappa shape index (κ2) is 6.32. The molecule has 0 saturated carbocycles. The molecule has 1 aromatic carbocycles. The molecule has 2 N–H and O–H groups in total. The maximum Gasteiger partial charge on any atom is 0.0713 e. The molecule has 100 valence electrons. The zero-order chi connectivity index (χ0) is 13.0. The summed E-state index contributed by atoms with van der Waals surface area (Å²) >= 11 is 0. The van der Waals surface area contributed by atoms with E-state index in [1.807, 2.05) is 0 Å². The van der Waals surface area contributed by atoms with Gasteiger partial charge in [-0.25, -0.2) is 0 Å². The van der Waals surface area contributed by atoms with Gasteiger partial charge in [0.1, 0.15) is 0 Å². The number of rotatable bonds is 5. The minimum Gasteiger partial charge on any atom is -0.380 e. The van der Waals surface area contributed by atoms with Crippen LogP contribution in [0.15, 0.2) is 24.3 Å². The Morgan fingerprint density at radius 3 is 2.94 bits per heavy atom. The van der Waals surface area contributed by atoms with Crippen LogP contribution in [0.3, 0.4) is 0 Å². The molecular formula is C15H24N2O. The van der Waals surface area contributed by atoms with Crippen LogP contribution in [0.1, 0.15) is 36.9 Å². The van der Waals surface area contributed by atoms with E-state index in [0.717, 1.165) is 6.54 Å². The smallest absolute Gasteiger partial charge is 0.0713 e. The highest BCUT2D eigenvalue weighted by molar-refractivity contribution is 5.26. The van der Waals surface area contributed by atoms with Crippen LogP contribution in [-0.4, -0.2) is 31.1 Å². The standard InChI is InChI=1S/C15H24N2O/c1-12-5-4-8-17(12)15(10-16)14-7-3-6-13(9-14)11-18-2/h3,6-7,9,12,15H,4-5,8,10-11,16H2,1-2H3. The number of hydrogen-bond donors (Lipinski definition) is 1. The van der Waals surface area contributed by atoms with E-state index in [-0.39, 0.29) is 0 Å². The summed E-state index contributed by atoms with van der Waals surface area (Å²) in [6, 6.07) is 9.61. The Balaban J connectivity index is 2.18. The summed E-state index contributed by atoms with van der Waals surface area (Å²) in [5.41, 5.74) is 8.54. The molecule has 3 nitrogen and oxygen atoms in total. The molecule has 1 fully saturated rings. The molecule has 2 unspecified atom stereocenters. The lowest BCUT2D eigenvalue weighted by molar-refractivity contribution is 0.183. The minimum absolute atomic E-state index is 0.347. The van der Waals surface area contributed by atoms with Crippen LogP contribution in [0.4, 0.5) is 0 Å². The summed E-state index contributed by atoms with van der Waals surface area (Å²) < 4.78 is 5.20. The first-order chi connectivity index (χ1) is 8.76. The van der Waals surface area contributed by atoms with E-state index in [4.69, 9.17) is 10.5 Å². The van der Waals surface area contributed by atoms with Crippen molar-refractivity contribution < 1.29 is 4.74 Å². The largest absolute Gasteiger partial charge is 0.380 e. The lowest BCUT2D eigenvalue weighted by atomic mass is 10.0. The number of methoxy groups -OCH3 is 1. The predicted molar refractivity (Wildman–Crippen MR) is 74.4 cm³/mol. The molecule has 0 amide bonds. The van der Waals surface area contributed by atoms with E-state index < -0.39 is 0 Å². The van der Waals surface area contributed by atoms with Crippen molar-refractivity contribution in [2.24, 2.45) is 5.73 Å². The van der Waals surface area contributed by atoms with E-state index in [2.05, 4.69) is 36.1 Å². The molecule has 0 radical (unpaired) electrons. The van der Waals surface area contributed by atoms with Crippen molar-refractivity contribution in [3.63, 3.8) is 0 Å². The van der Waals surface area contributed by atoms with Crippen molar-refractivity contribution in [3.8, 4) is 0 Å². The number of hydrogen-bond acceptors (Lipinski definition) is 3. The summed E-state index contributed by atoms with van der Waals surface area (Å²) in [6.45, 7) is 4.81. The fourth-order valence-corrected chi connectivity index (χ4v) is 2.94. The van der Waals surface area contributed by atoms with E-state index in [1.54, 1.807) is 7.11 Å². The number of benzene rings is 1. The van der Waals surface area contributed by atoms with Gasteiger partial charge in [0.2, 0.25) is 0 Å². The molecule has 0 spiro atoms. The van der Waals surface area contributed by atoms with Gasteiger partial charge in [0.25, 0.3) is 0 Å². The van der Waals surface area contributed by atoms with Crippen LogP contribution in [-0.2, 0) is 11.3 Å². The van der Waals surface area contributed by atoms with Gasteiger partial charge < -0.3 is 10.5 Å². The first-order valence-corrected chi connectivity index (χ1v) is 6.80. The fraction of sp³-hybridized carbons (Fsp3) is 0.600. The van der Waals surface area contributed by atoms with Gasteiger partial charge in [0.15, 0.2) is 0 Å². The Bertz CT molecular complexity index is 381. The second-order valence-electron chi connectivity index (χ2n) is 5.16. The average molecular weight is 248 g/mol. The van der Waals surface area contributed by atoms with Crippen LogP contribution in [0.25, 0.3) is 0 Å². The zero-order valence-electron chi connectivity index (χ0n) is 11.4. The van der Waals surface area contributed by atoms with Crippen molar-refractivity contribution in [3.05, 3.63) is 35.4 Å². The summed E-state index contributed by atoms with van der Waals surface area (Å²) in [5, 5.41) is 0. The Kier molecular flexibility index (Phi) is 4.75. The van der Waals surface area contributed by atoms with Crippen molar-refractivity contribution in [1.29, 1.82) is 0 Å². The molecule has 1 aromatic rings. The first kappa shape index (κ1) is 13.5. The quantitative estimate of drug-likeness (QED) is 0.869. The third-order valence-corrected chi connectivity index (χ3v) is 3.87. The second-order valence-corrected chi connectivity index (χ2v) is 5.16. The molecule has 1 aliphatic rings. The molecule has 2 atom stereocenters. The molecule has 1 saturated heterocycles. The fourth-order valence-electron chi connectivity index (χ4n) is 2.94. The number of ether oxygens (including phenoxy) is 1. The minimum atomic E-state index is 0.347. The summed E-state index contributed by atoms with van der Waals surface area (Å²) in [5.74, 6) is 0. The molecule has 2 rings (SSSR count). The normalized spacial score (nSPS) is 22.3. The molecular weight excluding hydrogens is 224 g/mol. The van der Waals surface area contributed by atoms with Gasteiger partial charge in [-0.3, -0.25) is 4.90 Å². The third kappa shape index (κ3) is 2.91. The third-order valence-electron chi connectivity index (χ3n) is 3.87. The first-order valence-electron chi connectivity index (χ1n) is 6.80. The Morgan fingerprint density at radius 1 is 1.50 bits per heavy atom. The molecule has 0 aromatic heterocycles. The van der Waals surface area contributed by atoms with Gasteiger partial charge in [-0.05, 0) is 37.4 Å². The molecule has 0 bridgehead atoms. The predicted octanol–water partition coefficient (Wildman–Crippen LogP) is 2.32. The van der Waals surface area contributed by atoms with Gasteiger partial charge >= 0.3 is 0 Å². The Hall–Kier alpha value is -0.900. The van der Waals surface area contributed by atoms with Crippen LogP contribution in [0.5, 0.6) is 0 Å². The van der Waals surface area contributed by atoms with Crippen LogP contribution < -0.4 is 5.73 Å². The van der Waals surface area contributed by atoms with E-state index >= 15 is 0 Å². The lowest BCUT2D eigenvalue weighted by Crippen LogP contribution is -2.36. The molecule has 3 heteroatoms. The van der Waals surface area contributed by atoms with Gasteiger partial charge in [0, 0.05) is 25.7 Å². The topological polar surface area (TPSA) is 38.5 Å². The SMILES string of the molecule is COCc1cccc(C(CN)N2CCCC2C)c1. The summed E-state index contributed by atoms with van der Waals surface area (Å²) in [7, 11) is 1.73. The molecule has 0 aliphatic carbocycles. The zero-order valence-corrected chi connectivity index (χ0v) is 11.4.